The van der Waals surface area contributed by atoms with Crippen LogP contribution in [0, 0.1) is 0 Å². The van der Waals surface area contributed by atoms with Crippen LogP contribution in [0.2, 0.25) is 0 Å². The molecule has 3 aromatic rings. The van der Waals surface area contributed by atoms with Gasteiger partial charge < -0.3 is 5.32 Å². The minimum absolute atomic E-state index is 0.0135. The highest BCUT2D eigenvalue weighted by Gasteiger charge is 2.11. The van der Waals surface area contributed by atoms with Gasteiger partial charge in [-0.3, -0.25) is 5.10 Å². The number of H-pyrrole nitrogens is 1. The first-order valence-electron chi connectivity index (χ1n) is 5.91. The number of nitrogens with zero attached hydrogens (tertiary/aromatic N) is 3. The summed E-state index contributed by atoms with van der Waals surface area (Å²) in [6, 6.07) is 8.07. The van der Waals surface area contributed by atoms with E-state index in [2.05, 4.69) is 41.4 Å². The second-order valence-corrected chi connectivity index (χ2v) is 5.09. The monoisotopic (exact) mass is 317 g/mol. The molecule has 2 aromatic heterocycles. The molecule has 2 N–H and O–H groups in total. The number of aromatic amines is 1. The molecule has 0 aliphatic heterocycles. The number of anilines is 1. The Kier molecular flexibility index (Phi) is 3.16. The fraction of sp³-hybridized carbons (Fsp3) is 0.154. The van der Waals surface area contributed by atoms with Crippen LogP contribution in [0.5, 0.6) is 0 Å². The molecular formula is C13H12BrN5. The van der Waals surface area contributed by atoms with Crippen molar-refractivity contribution in [2.45, 2.75) is 13.0 Å². The van der Waals surface area contributed by atoms with Crippen LogP contribution in [0.4, 0.5) is 5.82 Å². The minimum atomic E-state index is 0.0135. The van der Waals surface area contributed by atoms with Gasteiger partial charge in [0.05, 0.1) is 6.04 Å². The van der Waals surface area contributed by atoms with E-state index in [4.69, 9.17) is 0 Å². The van der Waals surface area contributed by atoms with Crippen molar-refractivity contribution in [2.24, 2.45) is 0 Å². The number of nitrogens with one attached hydrogen (secondary N) is 2. The number of hydrogen-bond acceptors (Lipinski definition) is 4. The van der Waals surface area contributed by atoms with Gasteiger partial charge in [-0.15, -0.1) is 0 Å². The van der Waals surface area contributed by atoms with Gasteiger partial charge in [0.15, 0.2) is 0 Å². The largest absolute Gasteiger partial charge is 0.360 e. The van der Waals surface area contributed by atoms with Crippen molar-refractivity contribution < 1.29 is 0 Å². The normalized spacial score (nSPS) is 12.5. The maximum Gasteiger partial charge on any atom is 0.146 e. The maximum absolute atomic E-state index is 4.40. The molecule has 2 heterocycles. The average molecular weight is 318 g/mol. The number of pyridine rings is 1. The molecule has 1 unspecified atom stereocenters. The summed E-state index contributed by atoms with van der Waals surface area (Å²) in [5, 5.41) is 12.3. The van der Waals surface area contributed by atoms with E-state index in [1.807, 2.05) is 31.2 Å². The molecular weight excluding hydrogens is 306 g/mol. The lowest BCUT2D eigenvalue weighted by Gasteiger charge is -2.14. The van der Waals surface area contributed by atoms with Crippen LogP contribution in [0.25, 0.3) is 10.8 Å². The van der Waals surface area contributed by atoms with E-state index in [0.29, 0.717) is 0 Å². The summed E-state index contributed by atoms with van der Waals surface area (Å²) in [5.74, 6) is 1.62. The Bertz CT molecular complexity index is 695. The van der Waals surface area contributed by atoms with Crippen LogP contribution in [-0.4, -0.2) is 20.2 Å². The second-order valence-electron chi connectivity index (χ2n) is 4.23. The van der Waals surface area contributed by atoms with E-state index in [1.165, 1.54) is 6.33 Å². The van der Waals surface area contributed by atoms with Crippen molar-refractivity contribution >= 4 is 32.5 Å². The topological polar surface area (TPSA) is 66.5 Å². The summed E-state index contributed by atoms with van der Waals surface area (Å²) in [6.07, 6.45) is 3.29. The van der Waals surface area contributed by atoms with Gasteiger partial charge in [0.2, 0.25) is 0 Å². The number of benzene rings is 1. The Morgan fingerprint density at radius 1 is 1.21 bits per heavy atom. The first-order valence-corrected chi connectivity index (χ1v) is 6.70. The molecule has 3 rings (SSSR count). The second kappa shape index (κ2) is 4.97. The Balaban J connectivity index is 1.99. The lowest BCUT2D eigenvalue weighted by molar-refractivity contribution is 0.792. The van der Waals surface area contributed by atoms with Crippen LogP contribution < -0.4 is 5.32 Å². The Morgan fingerprint density at radius 2 is 2.11 bits per heavy atom. The van der Waals surface area contributed by atoms with E-state index in [0.717, 1.165) is 26.9 Å². The van der Waals surface area contributed by atoms with Crippen molar-refractivity contribution in [3.63, 3.8) is 0 Å². The fourth-order valence-corrected chi connectivity index (χ4v) is 2.48. The number of hydrogen-bond donors (Lipinski definition) is 2. The Labute approximate surface area is 118 Å². The first-order chi connectivity index (χ1) is 9.25. The van der Waals surface area contributed by atoms with Gasteiger partial charge in [-0.2, -0.15) is 5.10 Å². The predicted octanol–water partition coefficient (Wildman–Crippen LogP) is 3.29. The molecule has 1 aromatic carbocycles. The molecule has 96 valence electrons. The van der Waals surface area contributed by atoms with Crippen LogP contribution in [0.15, 0.2) is 41.3 Å². The smallest absolute Gasteiger partial charge is 0.146 e. The molecule has 5 nitrogen and oxygen atoms in total. The summed E-state index contributed by atoms with van der Waals surface area (Å²) in [7, 11) is 0. The molecule has 0 saturated carbocycles. The third kappa shape index (κ3) is 2.31. The van der Waals surface area contributed by atoms with Gasteiger partial charge in [0, 0.05) is 21.4 Å². The zero-order chi connectivity index (χ0) is 13.2. The van der Waals surface area contributed by atoms with Crippen LogP contribution >= 0.6 is 15.9 Å². The minimum Gasteiger partial charge on any atom is -0.360 e. The fourth-order valence-electron chi connectivity index (χ4n) is 1.98. The highest BCUT2D eigenvalue weighted by atomic mass is 79.9. The first kappa shape index (κ1) is 12.1. The van der Waals surface area contributed by atoms with Crippen molar-refractivity contribution in [3.8, 4) is 0 Å². The molecule has 0 saturated heterocycles. The van der Waals surface area contributed by atoms with Crippen molar-refractivity contribution in [3.05, 3.63) is 47.1 Å². The highest BCUT2D eigenvalue weighted by molar-refractivity contribution is 9.10. The van der Waals surface area contributed by atoms with Gasteiger partial charge in [-0.1, -0.05) is 28.1 Å². The lowest BCUT2D eigenvalue weighted by Crippen LogP contribution is -2.10. The number of aromatic nitrogens is 4. The lowest BCUT2D eigenvalue weighted by atomic mass is 10.1. The zero-order valence-corrected chi connectivity index (χ0v) is 11.8. The maximum atomic E-state index is 4.40. The molecule has 0 aliphatic rings. The summed E-state index contributed by atoms with van der Waals surface area (Å²) in [4.78, 5) is 8.55. The van der Waals surface area contributed by atoms with Crippen LogP contribution in [0.3, 0.4) is 0 Å². The molecule has 0 fully saturated rings. The molecule has 0 spiro atoms. The van der Waals surface area contributed by atoms with Gasteiger partial charge >= 0.3 is 0 Å². The molecule has 0 aliphatic carbocycles. The molecule has 0 amide bonds. The molecule has 6 heteroatoms. The average Bonchev–Trinajstić information content (AvgIpc) is 2.94. The zero-order valence-electron chi connectivity index (χ0n) is 10.3. The van der Waals surface area contributed by atoms with Gasteiger partial charge in [0.1, 0.15) is 18.0 Å². The van der Waals surface area contributed by atoms with Crippen molar-refractivity contribution in [2.75, 3.05) is 5.32 Å². The highest BCUT2D eigenvalue weighted by Crippen LogP contribution is 2.29. The third-order valence-corrected chi connectivity index (χ3v) is 3.64. The van der Waals surface area contributed by atoms with Crippen molar-refractivity contribution in [1.29, 1.82) is 0 Å². The van der Waals surface area contributed by atoms with Gasteiger partial charge in [-0.05, 0) is 19.1 Å². The molecule has 19 heavy (non-hydrogen) atoms. The van der Waals surface area contributed by atoms with Gasteiger partial charge in [-0.25, -0.2) is 9.97 Å². The quantitative estimate of drug-likeness (QED) is 0.778. The standard InChI is InChI=1S/C13H12BrN5/c1-8(12-16-7-17-19-12)18-13-10-3-2-4-11(14)9(10)5-6-15-13/h2-8H,1H3,(H,15,18)(H,16,17,19). The summed E-state index contributed by atoms with van der Waals surface area (Å²) in [5.41, 5.74) is 0. The molecule has 0 bridgehead atoms. The van der Waals surface area contributed by atoms with Crippen LogP contribution in [-0.2, 0) is 0 Å². The summed E-state index contributed by atoms with van der Waals surface area (Å²) < 4.78 is 1.06. The SMILES string of the molecule is CC(Nc1nccc2c(Br)cccc12)c1ncn[nH]1. The predicted molar refractivity (Wildman–Crippen MR) is 77.9 cm³/mol. The summed E-state index contributed by atoms with van der Waals surface area (Å²) >= 11 is 3.55. The van der Waals surface area contributed by atoms with E-state index < -0.39 is 0 Å². The number of halogens is 1. The number of rotatable bonds is 3. The van der Waals surface area contributed by atoms with Crippen LogP contribution in [0.1, 0.15) is 18.8 Å². The molecule has 1 atom stereocenters. The Hall–Kier alpha value is -1.95. The van der Waals surface area contributed by atoms with Crippen molar-refractivity contribution in [1.82, 2.24) is 20.2 Å². The van der Waals surface area contributed by atoms with Gasteiger partial charge in [0.25, 0.3) is 0 Å². The van der Waals surface area contributed by atoms with E-state index in [1.54, 1.807) is 6.20 Å². The van der Waals surface area contributed by atoms with E-state index in [-0.39, 0.29) is 6.04 Å². The van der Waals surface area contributed by atoms with E-state index in [9.17, 15) is 0 Å². The molecule has 0 radical (unpaired) electrons. The summed E-state index contributed by atoms with van der Waals surface area (Å²) in [6.45, 7) is 2.01. The number of fused-ring (bicyclic) bond motifs is 1. The van der Waals surface area contributed by atoms with E-state index >= 15 is 0 Å². The Morgan fingerprint density at radius 3 is 2.89 bits per heavy atom. The third-order valence-electron chi connectivity index (χ3n) is 2.95.